The van der Waals surface area contributed by atoms with Gasteiger partial charge in [0.25, 0.3) is 0 Å². The molecule has 3 aromatic rings. The summed E-state index contributed by atoms with van der Waals surface area (Å²) in [5.41, 5.74) is 5.36. The first-order chi connectivity index (χ1) is 11.3. The molecule has 0 N–H and O–H groups in total. The van der Waals surface area contributed by atoms with Crippen LogP contribution in [0.1, 0.15) is 22.5 Å². The highest BCUT2D eigenvalue weighted by atomic mass is 16.5. The van der Waals surface area contributed by atoms with E-state index in [1.54, 1.807) is 13.4 Å². The minimum absolute atomic E-state index is 0.509. The standard InChI is InChI=1S/C18H16N4O/c1-12-9-13(23-2)7-8-14(12)18-15-5-3-4-6-16(15)22-11-20-21-17(22)10-19-18/h3-9,11H,10H2,1-2H3. The molecule has 4 rings (SSSR count). The lowest BCUT2D eigenvalue weighted by Gasteiger charge is -2.13. The van der Waals surface area contributed by atoms with Crippen LogP contribution in [0.3, 0.4) is 0 Å². The van der Waals surface area contributed by atoms with Crippen molar-refractivity contribution in [3.05, 3.63) is 71.3 Å². The van der Waals surface area contributed by atoms with Gasteiger partial charge < -0.3 is 4.74 Å². The van der Waals surface area contributed by atoms with Crippen molar-refractivity contribution < 1.29 is 4.74 Å². The van der Waals surface area contributed by atoms with Crippen molar-refractivity contribution in [2.75, 3.05) is 7.11 Å². The summed E-state index contributed by atoms with van der Waals surface area (Å²) >= 11 is 0. The van der Waals surface area contributed by atoms with Crippen LogP contribution in [0.5, 0.6) is 5.75 Å². The maximum Gasteiger partial charge on any atom is 0.159 e. The van der Waals surface area contributed by atoms with E-state index in [0.29, 0.717) is 6.54 Å². The van der Waals surface area contributed by atoms with Gasteiger partial charge in [0.1, 0.15) is 18.6 Å². The summed E-state index contributed by atoms with van der Waals surface area (Å²) in [6.07, 6.45) is 1.74. The molecule has 0 fully saturated rings. The molecule has 0 spiro atoms. The topological polar surface area (TPSA) is 52.3 Å². The number of fused-ring (bicyclic) bond motifs is 3. The smallest absolute Gasteiger partial charge is 0.159 e. The number of nitrogens with zero attached hydrogens (tertiary/aromatic N) is 4. The second-order valence-electron chi connectivity index (χ2n) is 5.48. The average Bonchev–Trinajstić information content (AvgIpc) is 2.99. The Hall–Kier alpha value is -2.95. The molecule has 0 saturated heterocycles. The molecule has 0 bridgehead atoms. The molecular weight excluding hydrogens is 288 g/mol. The number of para-hydroxylation sites is 1. The highest BCUT2D eigenvalue weighted by molar-refractivity contribution is 6.16. The molecule has 0 aliphatic carbocycles. The number of aliphatic imine (C=N–C) groups is 1. The SMILES string of the molecule is COc1ccc(C2=NCc3nncn3-c3ccccc32)c(C)c1. The van der Waals surface area contributed by atoms with Gasteiger partial charge in [0, 0.05) is 11.1 Å². The van der Waals surface area contributed by atoms with Crippen molar-refractivity contribution in [3.63, 3.8) is 0 Å². The number of hydrogen-bond acceptors (Lipinski definition) is 4. The fourth-order valence-electron chi connectivity index (χ4n) is 2.95. The third-order valence-electron chi connectivity index (χ3n) is 4.10. The number of hydrogen-bond donors (Lipinski definition) is 0. The zero-order valence-corrected chi connectivity index (χ0v) is 13.0. The second kappa shape index (κ2) is 5.35. The lowest BCUT2D eigenvalue weighted by molar-refractivity contribution is 0.414. The molecule has 1 aliphatic heterocycles. The van der Waals surface area contributed by atoms with Gasteiger partial charge in [-0.2, -0.15) is 0 Å². The van der Waals surface area contributed by atoms with Crippen LogP contribution in [0.4, 0.5) is 0 Å². The van der Waals surface area contributed by atoms with E-state index in [1.165, 1.54) is 0 Å². The quantitative estimate of drug-likeness (QED) is 0.731. The van der Waals surface area contributed by atoms with Gasteiger partial charge in [0.05, 0.1) is 18.5 Å². The number of methoxy groups -OCH3 is 1. The third-order valence-corrected chi connectivity index (χ3v) is 4.10. The Morgan fingerprint density at radius 3 is 2.78 bits per heavy atom. The van der Waals surface area contributed by atoms with E-state index in [1.807, 2.05) is 28.8 Å². The van der Waals surface area contributed by atoms with Crippen LogP contribution in [-0.2, 0) is 6.54 Å². The van der Waals surface area contributed by atoms with Crippen LogP contribution in [-0.4, -0.2) is 27.6 Å². The fraction of sp³-hybridized carbons (Fsp3) is 0.167. The maximum absolute atomic E-state index is 5.31. The lowest BCUT2D eigenvalue weighted by Crippen LogP contribution is -2.08. The molecule has 5 nitrogen and oxygen atoms in total. The first-order valence-electron chi connectivity index (χ1n) is 7.46. The maximum atomic E-state index is 5.31. The molecule has 2 heterocycles. The van der Waals surface area contributed by atoms with Gasteiger partial charge in [-0.25, -0.2) is 0 Å². The summed E-state index contributed by atoms with van der Waals surface area (Å²) < 4.78 is 7.31. The summed E-state index contributed by atoms with van der Waals surface area (Å²) in [4.78, 5) is 4.82. The van der Waals surface area contributed by atoms with Gasteiger partial charge >= 0.3 is 0 Å². The van der Waals surface area contributed by atoms with Crippen LogP contribution in [0.2, 0.25) is 0 Å². The number of rotatable bonds is 2. The molecule has 0 saturated carbocycles. The Morgan fingerprint density at radius 1 is 1.09 bits per heavy atom. The predicted octanol–water partition coefficient (Wildman–Crippen LogP) is 2.94. The number of ether oxygens (including phenoxy) is 1. The molecule has 2 aromatic carbocycles. The zero-order valence-electron chi connectivity index (χ0n) is 13.0. The first-order valence-corrected chi connectivity index (χ1v) is 7.46. The number of aromatic nitrogens is 3. The molecule has 0 unspecified atom stereocenters. The van der Waals surface area contributed by atoms with Crippen LogP contribution in [0.25, 0.3) is 5.69 Å². The Kier molecular flexibility index (Phi) is 3.19. The van der Waals surface area contributed by atoms with Gasteiger partial charge in [-0.15, -0.1) is 10.2 Å². The van der Waals surface area contributed by atoms with E-state index >= 15 is 0 Å². The number of aryl methyl sites for hydroxylation is 1. The Balaban J connectivity index is 1.92. The summed E-state index contributed by atoms with van der Waals surface area (Å²) in [5.74, 6) is 1.70. The summed E-state index contributed by atoms with van der Waals surface area (Å²) in [7, 11) is 1.68. The average molecular weight is 304 g/mol. The molecule has 5 heteroatoms. The Morgan fingerprint density at radius 2 is 1.96 bits per heavy atom. The number of benzene rings is 2. The van der Waals surface area contributed by atoms with E-state index in [4.69, 9.17) is 9.73 Å². The van der Waals surface area contributed by atoms with Crippen LogP contribution >= 0.6 is 0 Å². The normalized spacial score (nSPS) is 12.9. The lowest BCUT2D eigenvalue weighted by atomic mass is 9.96. The van der Waals surface area contributed by atoms with Gasteiger partial charge in [-0.3, -0.25) is 9.56 Å². The Bertz CT molecular complexity index is 911. The van der Waals surface area contributed by atoms with E-state index in [9.17, 15) is 0 Å². The van der Waals surface area contributed by atoms with Crippen molar-refractivity contribution in [2.24, 2.45) is 4.99 Å². The van der Waals surface area contributed by atoms with Gasteiger partial charge in [-0.05, 0) is 36.8 Å². The predicted molar refractivity (Wildman–Crippen MR) is 88.4 cm³/mol. The minimum atomic E-state index is 0.509. The monoisotopic (exact) mass is 304 g/mol. The van der Waals surface area contributed by atoms with Crippen molar-refractivity contribution in [1.82, 2.24) is 14.8 Å². The van der Waals surface area contributed by atoms with Crippen molar-refractivity contribution >= 4 is 5.71 Å². The molecule has 1 aromatic heterocycles. The van der Waals surface area contributed by atoms with Crippen molar-refractivity contribution in [2.45, 2.75) is 13.5 Å². The molecule has 0 radical (unpaired) electrons. The molecule has 23 heavy (non-hydrogen) atoms. The molecule has 0 atom stereocenters. The van der Waals surface area contributed by atoms with Gasteiger partial charge in [0.15, 0.2) is 5.82 Å². The largest absolute Gasteiger partial charge is 0.497 e. The minimum Gasteiger partial charge on any atom is -0.497 e. The van der Waals surface area contributed by atoms with Crippen LogP contribution in [0, 0.1) is 6.92 Å². The van der Waals surface area contributed by atoms with Crippen LogP contribution < -0.4 is 4.74 Å². The molecule has 0 amide bonds. The highest BCUT2D eigenvalue weighted by Gasteiger charge is 2.20. The van der Waals surface area contributed by atoms with Crippen molar-refractivity contribution in [3.8, 4) is 11.4 Å². The van der Waals surface area contributed by atoms with E-state index < -0.39 is 0 Å². The molecular formula is C18H16N4O. The van der Waals surface area contributed by atoms with E-state index in [-0.39, 0.29) is 0 Å². The summed E-state index contributed by atoms with van der Waals surface area (Å²) in [5, 5.41) is 8.19. The second-order valence-corrected chi connectivity index (χ2v) is 5.48. The van der Waals surface area contributed by atoms with Gasteiger partial charge in [-0.1, -0.05) is 18.2 Å². The molecule has 114 valence electrons. The first kappa shape index (κ1) is 13.7. The van der Waals surface area contributed by atoms with E-state index in [0.717, 1.165) is 39.7 Å². The van der Waals surface area contributed by atoms with Crippen molar-refractivity contribution in [1.29, 1.82) is 0 Å². The molecule has 1 aliphatic rings. The summed E-state index contributed by atoms with van der Waals surface area (Å²) in [6.45, 7) is 2.59. The Labute approximate surface area is 134 Å². The van der Waals surface area contributed by atoms with Gasteiger partial charge in [0.2, 0.25) is 0 Å². The zero-order chi connectivity index (χ0) is 15.8. The fourth-order valence-corrected chi connectivity index (χ4v) is 2.95. The van der Waals surface area contributed by atoms with E-state index in [2.05, 4.69) is 35.3 Å². The highest BCUT2D eigenvalue weighted by Crippen LogP contribution is 2.26. The van der Waals surface area contributed by atoms with Crippen LogP contribution in [0.15, 0.2) is 53.8 Å². The summed E-state index contributed by atoms with van der Waals surface area (Å²) in [6, 6.07) is 14.3. The third kappa shape index (κ3) is 2.21.